The summed E-state index contributed by atoms with van der Waals surface area (Å²) in [5.41, 5.74) is 2.34. The number of hydrogen-bond acceptors (Lipinski definition) is 6. The Labute approximate surface area is 171 Å². The first-order valence-corrected chi connectivity index (χ1v) is 9.90. The van der Waals surface area contributed by atoms with Gasteiger partial charge >= 0.3 is 0 Å². The van der Waals surface area contributed by atoms with Crippen molar-refractivity contribution in [2.45, 2.75) is 31.0 Å². The lowest BCUT2D eigenvalue weighted by Crippen LogP contribution is -2.26. The Hall–Kier alpha value is -2.28. The predicted octanol–water partition coefficient (Wildman–Crippen LogP) is 4.29. The van der Waals surface area contributed by atoms with Crippen molar-refractivity contribution in [3.63, 3.8) is 0 Å². The summed E-state index contributed by atoms with van der Waals surface area (Å²) in [5.74, 6) is 3.20. The van der Waals surface area contributed by atoms with Crippen molar-refractivity contribution >= 4 is 0 Å². The highest BCUT2D eigenvalue weighted by molar-refractivity contribution is 5.46. The third kappa shape index (κ3) is 4.20. The lowest BCUT2D eigenvalue weighted by molar-refractivity contribution is 0.0501. The van der Waals surface area contributed by atoms with Gasteiger partial charge < -0.3 is 28.4 Å². The first-order chi connectivity index (χ1) is 14.2. The first kappa shape index (κ1) is 20.0. The van der Waals surface area contributed by atoms with Crippen molar-refractivity contribution in [3.05, 3.63) is 53.6 Å². The Balaban J connectivity index is 1.61. The van der Waals surface area contributed by atoms with Crippen LogP contribution in [-0.4, -0.2) is 41.0 Å². The van der Waals surface area contributed by atoms with Crippen LogP contribution in [0.3, 0.4) is 0 Å². The van der Waals surface area contributed by atoms with Gasteiger partial charge in [0, 0.05) is 32.8 Å². The molecule has 2 aromatic carbocycles. The summed E-state index contributed by atoms with van der Waals surface area (Å²) in [6.45, 7) is 0.467. The molecule has 1 aliphatic carbocycles. The molecule has 2 aliphatic rings. The van der Waals surface area contributed by atoms with Gasteiger partial charge in [-0.1, -0.05) is 12.1 Å². The highest BCUT2D eigenvalue weighted by Gasteiger charge is 2.46. The van der Waals surface area contributed by atoms with E-state index in [1.54, 1.807) is 21.3 Å². The van der Waals surface area contributed by atoms with Crippen LogP contribution in [0, 0.1) is 5.92 Å². The van der Waals surface area contributed by atoms with Crippen LogP contribution < -0.4 is 14.2 Å². The van der Waals surface area contributed by atoms with Crippen LogP contribution in [0.15, 0.2) is 42.5 Å². The summed E-state index contributed by atoms with van der Waals surface area (Å²) in [5, 5.41) is 0. The van der Waals surface area contributed by atoms with Gasteiger partial charge in [-0.15, -0.1) is 0 Å². The van der Waals surface area contributed by atoms with E-state index in [9.17, 15) is 0 Å². The van der Waals surface area contributed by atoms with E-state index in [4.69, 9.17) is 28.4 Å². The first-order valence-electron chi connectivity index (χ1n) is 9.90. The summed E-state index contributed by atoms with van der Waals surface area (Å²) in [6, 6.07) is 14.1. The van der Waals surface area contributed by atoms with Crippen LogP contribution in [0.4, 0.5) is 0 Å². The molecule has 6 nitrogen and oxygen atoms in total. The van der Waals surface area contributed by atoms with E-state index in [2.05, 4.69) is 18.2 Å². The van der Waals surface area contributed by atoms with Crippen molar-refractivity contribution < 1.29 is 28.4 Å². The van der Waals surface area contributed by atoms with Crippen molar-refractivity contribution in [1.82, 2.24) is 0 Å². The molecule has 156 valence electrons. The van der Waals surface area contributed by atoms with Gasteiger partial charge in [0.1, 0.15) is 23.4 Å². The summed E-state index contributed by atoms with van der Waals surface area (Å²) in [4.78, 5) is 0. The SMILES string of the molecule is COCOc1ccc([C@@H]2Oc3ccc(OCOC)cc3[C@@H]3C[C@H](OC)C[C@@H]32)cc1. The van der Waals surface area contributed by atoms with Gasteiger partial charge in [0.15, 0.2) is 13.6 Å². The molecule has 1 fully saturated rings. The molecule has 2 aromatic rings. The molecular formula is C23H28O6. The molecule has 0 aromatic heterocycles. The molecule has 0 N–H and O–H groups in total. The number of fused-ring (bicyclic) bond motifs is 3. The highest BCUT2D eigenvalue weighted by Crippen LogP contribution is 2.55. The Bertz CT molecular complexity index is 806. The molecule has 1 saturated carbocycles. The molecule has 0 spiro atoms. The lowest BCUT2D eigenvalue weighted by atomic mass is 9.80. The van der Waals surface area contributed by atoms with Gasteiger partial charge in [0.25, 0.3) is 0 Å². The monoisotopic (exact) mass is 400 g/mol. The largest absolute Gasteiger partial charge is 0.485 e. The van der Waals surface area contributed by atoms with Crippen LogP contribution in [0.2, 0.25) is 0 Å². The standard InChI is InChI=1S/C23H28O6/c1-24-13-27-16-6-4-15(5-7-16)23-21-12-18(26-3)11-19(21)20-10-17(28-14-25-2)8-9-22(20)29-23/h4-10,18-19,21,23H,11-14H2,1-3H3/t18-,19-,21-,23-/m0/s1. The Morgan fingerprint density at radius 2 is 1.55 bits per heavy atom. The van der Waals surface area contributed by atoms with Crippen LogP contribution in [0.25, 0.3) is 0 Å². The zero-order chi connectivity index (χ0) is 20.2. The predicted molar refractivity (Wildman–Crippen MR) is 108 cm³/mol. The number of ether oxygens (including phenoxy) is 6. The maximum atomic E-state index is 6.50. The van der Waals surface area contributed by atoms with E-state index >= 15 is 0 Å². The van der Waals surface area contributed by atoms with Gasteiger partial charge in [-0.3, -0.25) is 0 Å². The molecule has 6 heteroatoms. The molecule has 1 heterocycles. The van der Waals surface area contributed by atoms with Crippen molar-refractivity contribution in [1.29, 1.82) is 0 Å². The maximum Gasteiger partial charge on any atom is 0.188 e. The second-order valence-electron chi connectivity index (χ2n) is 7.51. The van der Waals surface area contributed by atoms with E-state index in [0.29, 0.717) is 11.8 Å². The van der Waals surface area contributed by atoms with E-state index in [1.807, 2.05) is 24.3 Å². The minimum absolute atomic E-state index is 0.0186. The lowest BCUT2D eigenvalue weighted by Gasteiger charge is -2.36. The fourth-order valence-corrected chi connectivity index (χ4v) is 4.47. The van der Waals surface area contributed by atoms with Gasteiger partial charge in [-0.25, -0.2) is 0 Å². The van der Waals surface area contributed by atoms with Crippen LogP contribution in [0.5, 0.6) is 17.2 Å². The third-order valence-corrected chi connectivity index (χ3v) is 5.82. The number of methoxy groups -OCH3 is 3. The normalized spacial score (nSPS) is 25.1. The summed E-state index contributed by atoms with van der Waals surface area (Å²) in [7, 11) is 5.02. The molecule has 4 atom stereocenters. The summed E-state index contributed by atoms with van der Waals surface area (Å²) < 4.78 is 33.4. The zero-order valence-electron chi connectivity index (χ0n) is 17.1. The van der Waals surface area contributed by atoms with Crippen molar-refractivity contribution in [2.75, 3.05) is 34.9 Å². The number of benzene rings is 2. The van der Waals surface area contributed by atoms with Gasteiger partial charge in [0.05, 0.1) is 6.10 Å². The van der Waals surface area contributed by atoms with Gasteiger partial charge in [0.2, 0.25) is 0 Å². The average Bonchev–Trinajstić information content (AvgIpc) is 3.21. The van der Waals surface area contributed by atoms with Gasteiger partial charge in [-0.2, -0.15) is 0 Å². The van der Waals surface area contributed by atoms with E-state index in [-0.39, 0.29) is 25.8 Å². The summed E-state index contributed by atoms with van der Waals surface area (Å²) in [6.07, 6.45) is 2.16. The number of hydrogen-bond donors (Lipinski definition) is 0. The fraction of sp³-hybridized carbons (Fsp3) is 0.478. The molecule has 1 aliphatic heterocycles. The molecule has 0 radical (unpaired) electrons. The highest BCUT2D eigenvalue weighted by atomic mass is 16.7. The average molecular weight is 400 g/mol. The third-order valence-electron chi connectivity index (χ3n) is 5.82. The van der Waals surface area contributed by atoms with Crippen LogP contribution >= 0.6 is 0 Å². The Morgan fingerprint density at radius 3 is 2.24 bits per heavy atom. The molecule has 0 amide bonds. The molecule has 4 rings (SSSR count). The number of rotatable bonds is 8. The minimum atomic E-state index is -0.0186. The maximum absolute atomic E-state index is 6.50. The smallest absolute Gasteiger partial charge is 0.188 e. The Kier molecular flexibility index (Phi) is 6.23. The molecule has 0 bridgehead atoms. The van der Waals surface area contributed by atoms with E-state index in [1.165, 1.54) is 5.56 Å². The Morgan fingerprint density at radius 1 is 0.862 bits per heavy atom. The van der Waals surface area contributed by atoms with Crippen LogP contribution in [-0.2, 0) is 14.2 Å². The van der Waals surface area contributed by atoms with Crippen molar-refractivity contribution in [3.8, 4) is 17.2 Å². The van der Waals surface area contributed by atoms with Gasteiger partial charge in [-0.05, 0) is 54.7 Å². The minimum Gasteiger partial charge on any atom is -0.485 e. The van der Waals surface area contributed by atoms with Crippen LogP contribution in [0.1, 0.15) is 36.0 Å². The fourth-order valence-electron chi connectivity index (χ4n) is 4.47. The van der Waals surface area contributed by atoms with Crippen molar-refractivity contribution in [2.24, 2.45) is 5.92 Å². The quantitative estimate of drug-likeness (QED) is 0.616. The summed E-state index contributed by atoms with van der Waals surface area (Å²) >= 11 is 0. The second kappa shape index (κ2) is 9.03. The molecule has 0 saturated heterocycles. The molecule has 0 unspecified atom stereocenters. The van der Waals surface area contributed by atoms with E-state index in [0.717, 1.165) is 35.7 Å². The molecular weight excluding hydrogens is 372 g/mol. The van der Waals surface area contributed by atoms with E-state index < -0.39 is 0 Å². The molecule has 29 heavy (non-hydrogen) atoms. The zero-order valence-corrected chi connectivity index (χ0v) is 17.1. The topological polar surface area (TPSA) is 55.4 Å². The second-order valence-corrected chi connectivity index (χ2v) is 7.51.